The second-order valence-corrected chi connectivity index (χ2v) is 9.01. The predicted octanol–water partition coefficient (Wildman–Crippen LogP) is 7.86. The fourth-order valence-corrected chi connectivity index (χ4v) is 4.44. The van der Waals surface area contributed by atoms with Crippen LogP contribution in [0.15, 0.2) is 91.0 Å². The number of halogens is 2. The van der Waals surface area contributed by atoms with Gasteiger partial charge >= 0.3 is 0 Å². The molecule has 0 fully saturated rings. The Balaban J connectivity index is 1.48. The molecule has 4 aromatic carbocycles. The first-order valence-electron chi connectivity index (χ1n) is 11.2. The molecule has 0 aliphatic carbocycles. The van der Waals surface area contributed by atoms with Crippen molar-refractivity contribution in [3.8, 4) is 17.2 Å². The number of benzene rings is 4. The molecule has 1 atom stereocenters. The van der Waals surface area contributed by atoms with Crippen molar-refractivity contribution in [2.45, 2.75) is 25.7 Å². The fraction of sp³-hybridized carbons (Fsp3) is 0.138. The molecule has 0 amide bonds. The van der Waals surface area contributed by atoms with Crippen LogP contribution < -0.4 is 14.2 Å². The normalized spacial score (nSPS) is 14.7. The molecule has 0 aromatic heterocycles. The monoisotopic (exact) mass is 504 g/mol. The SMILES string of the molecule is O=C1CC(c2cccc(Cl)c2Cl)Oc2cc(OCc3ccccc3)cc(OCc3ccccc3)c21. The average molecular weight is 505 g/mol. The van der Waals surface area contributed by atoms with Crippen LogP contribution in [0.5, 0.6) is 17.2 Å². The molecule has 4 nitrogen and oxygen atoms in total. The van der Waals surface area contributed by atoms with Crippen LogP contribution in [-0.2, 0) is 13.2 Å². The van der Waals surface area contributed by atoms with Gasteiger partial charge in [0.15, 0.2) is 5.78 Å². The van der Waals surface area contributed by atoms with E-state index in [4.69, 9.17) is 37.4 Å². The molecule has 1 aliphatic heterocycles. The van der Waals surface area contributed by atoms with E-state index >= 15 is 0 Å². The highest BCUT2D eigenvalue weighted by Gasteiger charge is 2.33. The number of fused-ring (bicyclic) bond motifs is 1. The molecule has 176 valence electrons. The molecule has 6 heteroatoms. The Morgan fingerprint density at radius 2 is 1.46 bits per heavy atom. The van der Waals surface area contributed by atoms with E-state index in [1.165, 1.54) is 0 Å². The van der Waals surface area contributed by atoms with Gasteiger partial charge in [-0.1, -0.05) is 96.0 Å². The standard InChI is InChI=1S/C29H22Cl2O4/c30-23-13-7-12-22(29(23)31)25-16-24(32)28-26(34-18-20-10-5-2-6-11-20)14-21(15-27(28)35-25)33-17-19-8-3-1-4-9-19/h1-15,25H,16-18H2. The molecular weight excluding hydrogens is 483 g/mol. The highest BCUT2D eigenvalue weighted by Crippen LogP contribution is 2.44. The van der Waals surface area contributed by atoms with E-state index in [1.54, 1.807) is 24.3 Å². The Bertz CT molecular complexity index is 1340. The molecule has 35 heavy (non-hydrogen) atoms. The lowest BCUT2D eigenvalue weighted by atomic mass is 9.95. The predicted molar refractivity (Wildman–Crippen MR) is 137 cm³/mol. The number of carbonyl (C=O) groups excluding carboxylic acids is 1. The van der Waals surface area contributed by atoms with Gasteiger partial charge in [0, 0.05) is 17.7 Å². The number of ketones is 1. The Labute approximate surface area is 214 Å². The van der Waals surface area contributed by atoms with E-state index in [9.17, 15) is 4.79 Å². The summed E-state index contributed by atoms with van der Waals surface area (Å²) in [5.74, 6) is 1.28. The van der Waals surface area contributed by atoms with Crippen molar-refractivity contribution < 1.29 is 19.0 Å². The van der Waals surface area contributed by atoms with Crippen molar-refractivity contribution in [3.63, 3.8) is 0 Å². The second-order valence-electron chi connectivity index (χ2n) is 8.22. The molecule has 0 saturated carbocycles. The molecule has 0 radical (unpaired) electrons. The summed E-state index contributed by atoms with van der Waals surface area (Å²) in [6.07, 6.45) is -0.438. The van der Waals surface area contributed by atoms with E-state index in [-0.39, 0.29) is 12.2 Å². The maximum atomic E-state index is 13.3. The summed E-state index contributed by atoms with van der Waals surface area (Å²) in [7, 11) is 0. The van der Waals surface area contributed by atoms with Gasteiger partial charge in [-0.05, 0) is 17.2 Å². The van der Waals surface area contributed by atoms with Gasteiger partial charge in [-0.3, -0.25) is 4.79 Å². The molecule has 0 spiro atoms. The van der Waals surface area contributed by atoms with Crippen molar-refractivity contribution in [1.82, 2.24) is 0 Å². The summed E-state index contributed by atoms with van der Waals surface area (Å²) >= 11 is 12.6. The maximum absolute atomic E-state index is 13.3. The Hall–Kier alpha value is -3.47. The summed E-state index contributed by atoms with van der Waals surface area (Å²) < 4.78 is 18.4. The van der Waals surface area contributed by atoms with Crippen LogP contribution in [0.2, 0.25) is 10.0 Å². The van der Waals surface area contributed by atoms with E-state index < -0.39 is 6.10 Å². The van der Waals surface area contributed by atoms with Gasteiger partial charge in [0.25, 0.3) is 0 Å². The molecule has 4 aromatic rings. The lowest BCUT2D eigenvalue weighted by Gasteiger charge is -2.28. The highest BCUT2D eigenvalue weighted by atomic mass is 35.5. The number of hydrogen-bond donors (Lipinski definition) is 0. The molecule has 1 heterocycles. The molecule has 0 saturated heterocycles. The molecule has 0 N–H and O–H groups in total. The fourth-order valence-electron chi connectivity index (χ4n) is 4.01. The Kier molecular flexibility index (Phi) is 6.94. The third kappa shape index (κ3) is 5.29. The van der Waals surface area contributed by atoms with Crippen molar-refractivity contribution >= 4 is 29.0 Å². The van der Waals surface area contributed by atoms with Gasteiger partial charge in [0.2, 0.25) is 0 Å². The summed E-state index contributed by atoms with van der Waals surface area (Å²) in [6, 6.07) is 28.4. The van der Waals surface area contributed by atoms with Gasteiger partial charge in [0.1, 0.15) is 42.1 Å². The topological polar surface area (TPSA) is 44.8 Å². The number of hydrogen-bond acceptors (Lipinski definition) is 4. The lowest BCUT2D eigenvalue weighted by Crippen LogP contribution is -2.21. The second kappa shape index (κ2) is 10.4. The summed E-state index contributed by atoms with van der Waals surface area (Å²) in [5.41, 5.74) is 3.09. The maximum Gasteiger partial charge on any atom is 0.174 e. The first-order valence-corrected chi connectivity index (χ1v) is 12.0. The summed E-state index contributed by atoms with van der Waals surface area (Å²) in [4.78, 5) is 13.3. The minimum atomic E-state index is -0.562. The zero-order chi connectivity index (χ0) is 24.2. The van der Waals surface area contributed by atoms with Crippen molar-refractivity contribution in [3.05, 3.63) is 123 Å². The van der Waals surface area contributed by atoms with Gasteiger partial charge in [-0.2, -0.15) is 0 Å². The zero-order valence-corrected chi connectivity index (χ0v) is 20.3. The third-order valence-corrected chi connectivity index (χ3v) is 6.61. The first kappa shape index (κ1) is 23.3. The number of ether oxygens (including phenoxy) is 3. The van der Waals surface area contributed by atoms with Crippen LogP contribution in [0.4, 0.5) is 0 Å². The van der Waals surface area contributed by atoms with Crippen molar-refractivity contribution in [2.24, 2.45) is 0 Å². The van der Waals surface area contributed by atoms with Crippen LogP contribution >= 0.6 is 23.2 Å². The van der Waals surface area contributed by atoms with Crippen LogP contribution in [-0.4, -0.2) is 5.78 Å². The van der Waals surface area contributed by atoms with Crippen molar-refractivity contribution in [1.29, 1.82) is 0 Å². The molecular formula is C29H22Cl2O4. The van der Waals surface area contributed by atoms with E-state index in [2.05, 4.69) is 0 Å². The van der Waals surface area contributed by atoms with Gasteiger partial charge in [-0.25, -0.2) is 0 Å². The average Bonchev–Trinajstić information content (AvgIpc) is 2.88. The zero-order valence-electron chi connectivity index (χ0n) is 18.7. The minimum Gasteiger partial charge on any atom is -0.489 e. The van der Waals surface area contributed by atoms with Gasteiger partial charge < -0.3 is 14.2 Å². The lowest BCUT2D eigenvalue weighted by molar-refractivity contribution is 0.0841. The van der Waals surface area contributed by atoms with Gasteiger partial charge in [0.05, 0.1) is 16.5 Å². The smallest absolute Gasteiger partial charge is 0.174 e. The van der Waals surface area contributed by atoms with E-state index in [0.717, 1.165) is 11.1 Å². The molecule has 1 aliphatic rings. The highest BCUT2D eigenvalue weighted by molar-refractivity contribution is 6.42. The third-order valence-electron chi connectivity index (χ3n) is 5.77. The largest absolute Gasteiger partial charge is 0.489 e. The van der Waals surface area contributed by atoms with E-state index in [0.29, 0.717) is 51.6 Å². The number of carbonyl (C=O) groups is 1. The van der Waals surface area contributed by atoms with E-state index in [1.807, 2.05) is 66.7 Å². The summed E-state index contributed by atoms with van der Waals surface area (Å²) in [5, 5.41) is 0.797. The molecule has 5 rings (SSSR count). The molecule has 0 bridgehead atoms. The Morgan fingerprint density at radius 3 is 2.14 bits per heavy atom. The van der Waals surface area contributed by atoms with Gasteiger partial charge in [-0.15, -0.1) is 0 Å². The quantitative estimate of drug-likeness (QED) is 0.257. The van der Waals surface area contributed by atoms with Crippen LogP contribution in [0, 0.1) is 0 Å². The Morgan fingerprint density at radius 1 is 0.800 bits per heavy atom. The van der Waals surface area contributed by atoms with Crippen LogP contribution in [0.25, 0.3) is 0 Å². The minimum absolute atomic E-state index is 0.0926. The van der Waals surface area contributed by atoms with Crippen LogP contribution in [0.3, 0.4) is 0 Å². The number of rotatable bonds is 7. The van der Waals surface area contributed by atoms with Crippen LogP contribution in [0.1, 0.15) is 39.6 Å². The van der Waals surface area contributed by atoms with Crippen molar-refractivity contribution in [2.75, 3.05) is 0 Å². The number of Topliss-reactive ketones (excluding diaryl/α,β-unsaturated/α-hetero) is 1. The molecule has 1 unspecified atom stereocenters. The summed E-state index contributed by atoms with van der Waals surface area (Å²) in [6.45, 7) is 0.682. The first-order chi connectivity index (χ1) is 17.1.